The summed E-state index contributed by atoms with van der Waals surface area (Å²) in [6.07, 6.45) is 8.57. The molecular weight excluding hydrogens is 346 g/mol. The summed E-state index contributed by atoms with van der Waals surface area (Å²) in [6, 6.07) is 2.19. The number of aryl methyl sites for hydroxylation is 1. The number of hydrogen-bond acceptors (Lipinski definition) is 6. The van der Waals surface area contributed by atoms with Crippen LogP contribution in [0, 0.1) is 6.92 Å². The molecule has 1 atom stereocenters. The minimum absolute atomic E-state index is 0.168. The molecule has 136 valence electrons. The van der Waals surface area contributed by atoms with Crippen molar-refractivity contribution in [2.75, 3.05) is 13.1 Å². The number of hydrogen-bond donors (Lipinski definition) is 0. The van der Waals surface area contributed by atoms with Crippen molar-refractivity contribution in [2.45, 2.75) is 45.6 Å². The average Bonchev–Trinajstić information content (AvgIpc) is 3.23. The highest BCUT2D eigenvalue weighted by molar-refractivity contribution is 7.11. The molecule has 0 spiro atoms. The number of rotatable bonds is 5. The standard InChI is InChI=1S/C19H23N5OS/c1-13-8-17(24-7-5-20-19(24)22-13)15-4-3-6-23(11-15)12-16-10-21-18(26-16)9-14(2)25/h5,7-8,10,15H,3-4,6,9,11-12H2,1-2H3. The normalized spacial score (nSPS) is 18.5. The topological polar surface area (TPSA) is 63.4 Å². The van der Waals surface area contributed by atoms with Gasteiger partial charge in [0.15, 0.2) is 0 Å². The van der Waals surface area contributed by atoms with Crippen molar-refractivity contribution >= 4 is 22.9 Å². The molecule has 3 aromatic rings. The lowest BCUT2D eigenvalue weighted by Crippen LogP contribution is -2.34. The molecule has 0 bridgehead atoms. The lowest BCUT2D eigenvalue weighted by atomic mass is 9.94. The summed E-state index contributed by atoms with van der Waals surface area (Å²) in [6.45, 7) is 6.68. The van der Waals surface area contributed by atoms with E-state index < -0.39 is 0 Å². The third-order valence-corrected chi connectivity index (χ3v) is 5.82. The van der Waals surface area contributed by atoms with Gasteiger partial charge in [0, 0.05) is 53.9 Å². The zero-order valence-corrected chi connectivity index (χ0v) is 16.0. The summed E-state index contributed by atoms with van der Waals surface area (Å²) >= 11 is 1.66. The molecule has 6 nitrogen and oxygen atoms in total. The van der Waals surface area contributed by atoms with E-state index in [9.17, 15) is 4.79 Å². The molecule has 3 aromatic heterocycles. The Hall–Kier alpha value is -2.12. The minimum Gasteiger partial charge on any atom is -0.300 e. The SMILES string of the molecule is CC(=O)Cc1ncc(CN2CCCC(c3cc(C)nc4nccn34)C2)s1. The first-order valence-electron chi connectivity index (χ1n) is 9.04. The van der Waals surface area contributed by atoms with E-state index in [0.29, 0.717) is 12.3 Å². The molecule has 1 aliphatic heterocycles. The fraction of sp³-hybridized carbons (Fsp3) is 0.474. The summed E-state index contributed by atoms with van der Waals surface area (Å²) in [5.74, 6) is 1.43. The molecule has 1 aliphatic rings. The molecule has 4 rings (SSSR count). The van der Waals surface area contributed by atoms with Crippen LogP contribution in [0.3, 0.4) is 0 Å². The zero-order valence-electron chi connectivity index (χ0n) is 15.2. The first-order valence-corrected chi connectivity index (χ1v) is 9.86. The smallest absolute Gasteiger partial charge is 0.234 e. The van der Waals surface area contributed by atoms with Crippen LogP contribution in [0.1, 0.15) is 47.0 Å². The van der Waals surface area contributed by atoms with Crippen LogP contribution in [0.15, 0.2) is 24.7 Å². The molecule has 0 N–H and O–H groups in total. The van der Waals surface area contributed by atoms with E-state index in [-0.39, 0.29) is 5.78 Å². The molecule has 1 unspecified atom stereocenters. The fourth-order valence-corrected chi connectivity index (χ4v) is 4.78. The highest BCUT2D eigenvalue weighted by Crippen LogP contribution is 2.29. The van der Waals surface area contributed by atoms with Crippen molar-refractivity contribution < 1.29 is 4.79 Å². The van der Waals surface area contributed by atoms with Crippen LogP contribution in [0.5, 0.6) is 0 Å². The van der Waals surface area contributed by atoms with E-state index in [1.165, 1.54) is 23.4 Å². The molecule has 0 amide bonds. The van der Waals surface area contributed by atoms with Crippen LogP contribution in [0.25, 0.3) is 5.78 Å². The van der Waals surface area contributed by atoms with Gasteiger partial charge in [0.05, 0.1) is 6.42 Å². The largest absolute Gasteiger partial charge is 0.300 e. The lowest BCUT2D eigenvalue weighted by Gasteiger charge is -2.32. The van der Waals surface area contributed by atoms with Gasteiger partial charge in [-0.3, -0.25) is 14.1 Å². The quantitative estimate of drug-likeness (QED) is 0.692. The fourth-order valence-electron chi connectivity index (χ4n) is 3.74. The summed E-state index contributed by atoms with van der Waals surface area (Å²) in [4.78, 5) is 28.3. The number of Topliss-reactive ketones (excluding diaryl/α,β-unsaturated/α-hetero) is 1. The third-order valence-electron chi connectivity index (χ3n) is 4.84. The maximum absolute atomic E-state index is 11.3. The van der Waals surface area contributed by atoms with Crippen molar-refractivity contribution in [3.8, 4) is 0 Å². The van der Waals surface area contributed by atoms with E-state index in [2.05, 4.69) is 30.3 Å². The van der Waals surface area contributed by atoms with Crippen LogP contribution >= 0.6 is 11.3 Å². The van der Waals surface area contributed by atoms with Gasteiger partial charge in [-0.1, -0.05) is 0 Å². The van der Waals surface area contributed by atoms with Crippen molar-refractivity contribution in [3.63, 3.8) is 0 Å². The Kier molecular flexibility index (Phi) is 4.82. The van der Waals surface area contributed by atoms with Crippen molar-refractivity contribution in [3.05, 3.63) is 45.9 Å². The maximum Gasteiger partial charge on any atom is 0.234 e. The van der Waals surface area contributed by atoms with E-state index in [0.717, 1.165) is 36.1 Å². The monoisotopic (exact) mass is 369 g/mol. The molecule has 0 radical (unpaired) electrons. The Labute approximate surface area is 156 Å². The molecule has 0 aromatic carbocycles. The van der Waals surface area contributed by atoms with Gasteiger partial charge in [-0.15, -0.1) is 11.3 Å². The Morgan fingerprint density at radius 3 is 3.12 bits per heavy atom. The zero-order chi connectivity index (χ0) is 18.1. The number of carbonyl (C=O) groups excluding carboxylic acids is 1. The Bertz CT molecular complexity index is 931. The lowest BCUT2D eigenvalue weighted by molar-refractivity contribution is -0.116. The molecule has 26 heavy (non-hydrogen) atoms. The molecule has 1 fully saturated rings. The van der Waals surface area contributed by atoms with Crippen LogP contribution in [-0.4, -0.2) is 43.1 Å². The van der Waals surface area contributed by atoms with E-state index in [4.69, 9.17) is 0 Å². The Balaban J connectivity index is 1.49. The van der Waals surface area contributed by atoms with Crippen LogP contribution < -0.4 is 0 Å². The van der Waals surface area contributed by atoms with Crippen molar-refractivity contribution in [1.29, 1.82) is 0 Å². The van der Waals surface area contributed by atoms with Crippen LogP contribution in [0.4, 0.5) is 0 Å². The molecule has 4 heterocycles. The van der Waals surface area contributed by atoms with Gasteiger partial charge in [0.1, 0.15) is 10.8 Å². The van der Waals surface area contributed by atoms with Gasteiger partial charge in [-0.05, 0) is 39.3 Å². The second-order valence-electron chi connectivity index (χ2n) is 7.09. The predicted molar refractivity (Wildman–Crippen MR) is 101 cm³/mol. The second-order valence-corrected chi connectivity index (χ2v) is 8.29. The van der Waals surface area contributed by atoms with E-state index in [1.54, 1.807) is 18.3 Å². The summed E-state index contributed by atoms with van der Waals surface area (Å²) < 4.78 is 2.12. The second kappa shape index (κ2) is 7.25. The molecule has 0 aliphatic carbocycles. The number of imidazole rings is 1. The number of ketones is 1. The number of likely N-dealkylation sites (tertiary alicyclic amines) is 1. The molecule has 1 saturated heterocycles. The summed E-state index contributed by atoms with van der Waals surface area (Å²) in [5, 5.41) is 0.922. The van der Waals surface area contributed by atoms with Crippen LogP contribution in [0.2, 0.25) is 0 Å². The van der Waals surface area contributed by atoms with Gasteiger partial charge < -0.3 is 0 Å². The number of carbonyl (C=O) groups is 1. The molecular formula is C19H23N5OS. The van der Waals surface area contributed by atoms with Gasteiger partial charge in [-0.25, -0.2) is 15.0 Å². The first kappa shape index (κ1) is 17.3. The van der Waals surface area contributed by atoms with Gasteiger partial charge in [-0.2, -0.15) is 0 Å². The maximum atomic E-state index is 11.3. The van der Waals surface area contributed by atoms with Crippen LogP contribution in [-0.2, 0) is 17.8 Å². The molecule has 0 saturated carbocycles. The Morgan fingerprint density at radius 1 is 1.38 bits per heavy atom. The minimum atomic E-state index is 0.168. The Morgan fingerprint density at radius 2 is 2.27 bits per heavy atom. The van der Waals surface area contributed by atoms with Gasteiger partial charge >= 0.3 is 0 Å². The predicted octanol–water partition coefficient (Wildman–Crippen LogP) is 3.01. The van der Waals surface area contributed by atoms with Crippen molar-refractivity contribution in [1.82, 2.24) is 24.3 Å². The number of aromatic nitrogens is 4. The number of fused-ring (bicyclic) bond motifs is 1. The number of nitrogens with zero attached hydrogens (tertiary/aromatic N) is 5. The van der Waals surface area contributed by atoms with Crippen molar-refractivity contribution in [2.24, 2.45) is 0 Å². The average molecular weight is 369 g/mol. The number of piperidine rings is 1. The van der Waals surface area contributed by atoms with Gasteiger partial charge in [0.2, 0.25) is 5.78 Å². The third kappa shape index (κ3) is 3.68. The van der Waals surface area contributed by atoms with E-state index in [1.807, 2.05) is 25.5 Å². The highest BCUT2D eigenvalue weighted by Gasteiger charge is 2.24. The highest BCUT2D eigenvalue weighted by atomic mass is 32.1. The first-order chi connectivity index (χ1) is 12.6. The van der Waals surface area contributed by atoms with Gasteiger partial charge in [0.25, 0.3) is 0 Å². The summed E-state index contributed by atoms with van der Waals surface area (Å²) in [5.41, 5.74) is 2.32. The number of thiazole rings is 1. The van der Waals surface area contributed by atoms with E-state index >= 15 is 0 Å². The summed E-state index contributed by atoms with van der Waals surface area (Å²) in [7, 11) is 0. The molecule has 7 heteroatoms.